The summed E-state index contributed by atoms with van der Waals surface area (Å²) in [6.07, 6.45) is 0. The number of carbonyl (C=O) groups is 3. The quantitative estimate of drug-likeness (QED) is 0.517. The van der Waals surface area contributed by atoms with Gasteiger partial charge in [-0.3, -0.25) is 4.79 Å². The molecule has 1 fully saturated rings. The van der Waals surface area contributed by atoms with E-state index in [1.165, 1.54) is 19.1 Å². The molecule has 1 aromatic rings. The molecule has 0 radical (unpaired) electrons. The monoisotopic (exact) mass is 325 g/mol. The molecule has 0 saturated carbocycles. The number of amides is 1. The molecule has 8 heteroatoms. The molecule has 0 unspecified atom stereocenters. The highest BCUT2D eigenvalue weighted by Crippen LogP contribution is 2.11. The summed E-state index contributed by atoms with van der Waals surface area (Å²) < 4.78 is 0. The van der Waals surface area contributed by atoms with Crippen LogP contribution in [0.1, 0.15) is 33.2 Å². The van der Waals surface area contributed by atoms with Gasteiger partial charge in [-0.15, -0.1) is 0 Å². The zero-order valence-corrected chi connectivity index (χ0v) is 13.3. The first kappa shape index (κ1) is 20.6. The Morgan fingerprint density at radius 3 is 1.74 bits per heavy atom. The highest BCUT2D eigenvalue weighted by atomic mass is 16.4. The van der Waals surface area contributed by atoms with Crippen molar-refractivity contribution in [3.63, 3.8) is 0 Å². The van der Waals surface area contributed by atoms with E-state index in [1.807, 2.05) is 0 Å². The molecular weight excluding hydrogens is 302 g/mol. The molecule has 6 N–H and O–H groups in total. The van der Waals surface area contributed by atoms with E-state index in [4.69, 9.17) is 10.2 Å². The molecule has 1 aromatic carbocycles. The maximum Gasteiger partial charge on any atom is 0.335 e. The number of carboxylic acids is 2. The molecule has 1 heterocycles. The average molecular weight is 325 g/mol. The maximum absolute atomic E-state index is 10.6. The lowest BCUT2D eigenvalue weighted by Crippen LogP contribution is -2.39. The summed E-state index contributed by atoms with van der Waals surface area (Å²) in [5.74, 6) is -2.57. The van der Waals surface area contributed by atoms with Crippen LogP contribution in [0, 0.1) is 6.92 Å². The van der Waals surface area contributed by atoms with Gasteiger partial charge in [0.2, 0.25) is 5.91 Å². The van der Waals surface area contributed by atoms with E-state index in [2.05, 4.69) is 16.4 Å². The van der Waals surface area contributed by atoms with Crippen LogP contribution < -0.4 is 16.4 Å². The van der Waals surface area contributed by atoms with Gasteiger partial charge in [-0.2, -0.15) is 0 Å². The van der Waals surface area contributed by atoms with Gasteiger partial charge in [0, 0.05) is 33.1 Å². The Labute approximate surface area is 134 Å². The van der Waals surface area contributed by atoms with Crippen molar-refractivity contribution in [2.45, 2.75) is 13.8 Å². The van der Waals surface area contributed by atoms with Crippen LogP contribution in [0.15, 0.2) is 18.2 Å². The molecular formula is C15H23N3O5. The maximum atomic E-state index is 10.6. The fourth-order valence-electron chi connectivity index (χ4n) is 1.59. The molecule has 0 aliphatic carbocycles. The normalized spacial score (nSPS) is 12.8. The first-order valence-electron chi connectivity index (χ1n) is 7.00. The fourth-order valence-corrected chi connectivity index (χ4v) is 1.59. The van der Waals surface area contributed by atoms with E-state index in [9.17, 15) is 14.4 Å². The Kier molecular flexibility index (Phi) is 9.97. The van der Waals surface area contributed by atoms with Gasteiger partial charge >= 0.3 is 11.9 Å². The second-order valence-corrected chi connectivity index (χ2v) is 4.75. The number of hydrogen-bond donors (Lipinski definition) is 5. The second kappa shape index (κ2) is 11.2. The zero-order valence-electron chi connectivity index (χ0n) is 13.3. The van der Waals surface area contributed by atoms with Gasteiger partial charge in [0.1, 0.15) is 0 Å². The molecule has 0 spiro atoms. The average Bonchev–Trinajstić information content (AvgIpc) is 2.49. The van der Waals surface area contributed by atoms with Crippen molar-refractivity contribution < 1.29 is 24.6 Å². The number of hydrogen-bond acceptors (Lipinski definition) is 5. The third-order valence-corrected chi connectivity index (χ3v) is 2.67. The largest absolute Gasteiger partial charge is 0.478 e. The van der Waals surface area contributed by atoms with Crippen LogP contribution in [0.3, 0.4) is 0 Å². The van der Waals surface area contributed by atoms with Crippen LogP contribution >= 0.6 is 0 Å². The van der Waals surface area contributed by atoms with Gasteiger partial charge in [-0.05, 0) is 24.6 Å². The molecule has 2 rings (SSSR count). The Balaban J connectivity index is 0.000000398. The third-order valence-electron chi connectivity index (χ3n) is 2.67. The minimum atomic E-state index is -1.12. The lowest BCUT2D eigenvalue weighted by atomic mass is 10.1. The Bertz CT molecular complexity index is 526. The number of nitrogens with one attached hydrogen (secondary N) is 2. The van der Waals surface area contributed by atoms with E-state index in [0.29, 0.717) is 5.56 Å². The number of aryl methyl sites for hydroxylation is 1. The van der Waals surface area contributed by atoms with E-state index in [-0.39, 0.29) is 17.0 Å². The molecule has 1 saturated heterocycles. The molecule has 1 aliphatic heterocycles. The van der Waals surface area contributed by atoms with E-state index in [0.717, 1.165) is 32.2 Å². The molecule has 128 valence electrons. The van der Waals surface area contributed by atoms with Crippen LogP contribution in [0.5, 0.6) is 0 Å². The third kappa shape index (κ3) is 9.99. The minimum Gasteiger partial charge on any atom is -0.478 e. The number of rotatable bonds is 2. The predicted octanol–water partition coefficient (Wildman–Crippen LogP) is 0.0622. The summed E-state index contributed by atoms with van der Waals surface area (Å²) in [6, 6.07) is 4.01. The lowest BCUT2D eigenvalue weighted by Gasteiger charge is -2.11. The number of aromatic carboxylic acids is 2. The van der Waals surface area contributed by atoms with Crippen molar-refractivity contribution >= 4 is 17.8 Å². The van der Waals surface area contributed by atoms with E-state index >= 15 is 0 Å². The van der Waals surface area contributed by atoms with E-state index < -0.39 is 11.9 Å². The molecule has 8 nitrogen and oxygen atoms in total. The minimum absolute atomic E-state index is 0.0111. The summed E-state index contributed by atoms with van der Waals surface area (Å²) >= 11 is 0. The summed E-state index contributed by atoms with van der Waals surface area (Å²) in [5.41, 5.74) is 5.04. The van der Waals surface area contributed by atoms with Crippen LogP contribution in [0.25, 0.3) is 0 Å². The SMILES string of the molecule is C1CNCCN1.CC(N)=O.Cc1ccc(C(=O)O)cc1C(=O)O. The predicted molar refractivity (Wildman–Crippen MR) is 85.7 cm³/mol. The topological polar surface area (TPSA) is 142 Å². The van der Waals surface area contributed by atoms with Crippen molar-refractivity contribution in [2.75, 3.05) is 26.2 Å². The zero-order chi connectivity index (χ0) is 17.8. The number of carboxylic acid groups (broad SMARTS) is 2. The van der Waals surface area contributed by atoms with Gasteiger partial charge in [0.05, 0.1) is 11.1 Å². The Morgan fingerprint density at radius 2 is 1.43 bits per heavy atom. The van der Waals surface area contributed by atoms with Gasteiger partial charge in [-0.1, -0.05) is 6.07 Å². The second-order valence-electron chi connectivity index (χ2n) is 4.75. The summed E-state index contributed by atoms with van der Waals surface area (Å²) in [6.45, 7) is 7.48. The first-order valence-corrected chi connectivity index (χ1v) is 7.00. The molecule has 23 heavy (non-hydrogen) atoms. The number of benzene rings is 1. The van der Waals surface area contributed by atoms with E-state index in [1.54, 1.807) is 6.92 Å². The van der Waals surface area contributed by atoms with Crippen LogP contribution in [-0.4, -0.2) is 54.2 Å². The van der Waals surface area contributed by atoms with Crippen LogP contribution in [0.2, 0.25) is 0 Å². The highest BCUT2D eigenvalue weighted by Gasteiger charge is 2.10. The van der Waals surface area contributed by atoms with Crippen molar-refractivity contribution in [2.24, 2.45) is 5.73 Å². The van der Waals surface area contributed by atoms with Gasteiger partial charge in [0.15, 0.2) is 0 Å². The molecule has 1 aliphatic rings. The number of nitrogens with two attached hydrogens (primary N) is 1. The van der Waals surface area contributed by atoms with Crippen molar-refractivity contribution in [1.29, 1.82) is 0 Å². The number of primary amides is 1. The number of carbonyl (C=O) groups excluding carboxylic acids is 1. The lowest BCUT2D eigenvalue weighted by molar-refractivity contribution is -0.115. The van der Waals surface area contributed by atoms with Crippen LogP contribution in [-0.2, 0) is 4.79 Å². The summed E-state index contributed by atoms with van der Waals surface area (Å²) in [5, 5.41) is 23.7. The Morgan fingerprint density at radius 1 is 1.00 bits per heavy atom. The summed E-state index contributed by atoms with van der Waals surface area (Å²) in [7, 11) is 0. The van der Waals surface area contributed by atoms with Crippen molar-refractivity contribution in [3.05, 3.63) is 34.9 Å². The highest BCUT2D eigenvalue weighted by molar-refractivity contribution is 5.94. The number of piperazine rings is 1. The van der Waals surface area contributed by atoms with Crippen molar-refractivity contribution in [3.8, 4) is 0 Å². The van der Waals surface area contributed by atoms with Gasteiger partial charge in [0.25, 0.3) is 0 Å². The molecule has 0 aromatic heterocycles. The Hall–Kier alpha value is -2.45. The molecule has 0 atom stereocenters. The van der Waals surface area contributed by atoms with Crippen LogP contribution in [0.4, 0.5) is 0 Å². The standard InChI is InChI=1S/C9H8O4.C4H10N2.C2H5NO/c1-5-2-3-6(8(10)11)4-7(5)9(12)13;1-2-6-4-3-5-1;1-2(3)4/h2-4H,1H3,(H,10,11)(H,12,13);5-6H,1-4H2;1H3,(H2,3,4). The smallest absolute Gasteiger partial charge is 0.335 e. The van der Waals surface area contributed by atoms with Gasteiger partial charge < -0.3 is 26.6 Å². The first-order chi connectivity index (χ1) is 10.8. The summed E-state index contributed by atoms with van der Waals surface area (Å²) in [4.78, 5) is 30.3. The molecule has 1 amide bonds. The fraction of sp³-hybridized carbons (Fsp3) is 0.400. The molecule has 0 bridgehead atoms. The van der Waals surface area contributed by atoms with Crippen molar-refractivity contribution in [1.82, 2.24) is 10.6 Å². The van der Waals surface area contributed by atoms with Gasteiger partial charge in [-0.25, -0.2) is 9.59 Å².